The maximum absolute atomic E-state index is 12.6. The van der Waals surface area contributed by atoms with Crippen LogP contribution in [0.2, 0.25) is 0 Å². The van der Waals surface area contributed by atoms with Crippen LogP contribution in [-0.4, -0.2) is 11.0 Å². The summed E-state index contributed by atoms with van der Waals surface area (Å²) in [6.45, 7) is 0.501. The molecule has 0 unspecified atom stereocenters. The Morgan fingerprint density at radius 2 is 1.66 bits per heavy atom. The van der Waals surface area contributed by atoms with E-state index in [1.165, 1.54) is 11.3 Å². The van der Waals surface area contributed by atoms with Gasteiger partial charge in [-0.2, -0.15) is 0 Å². The number of amides is 2. The topological polar surface area (TPSA) is 63.2 Å². The average Bonchev–Trinajstić information content (AvgIpc) is 3.46. The number of carbonyl (C=O) groups is 1. The fourth-order valence-corrected chi connectivity index (χ4v) is 5.05. The number of thiophene rings is 1. The van der Waals surface area contributed by atoms with Gasteiger partial charge in [0.25, 0.3) is 0 Å². The molecule has 7 heteroatoms. The number of para-hydroxylation sites is 1. The summed E-state index contributed by atoms with van der Waals surface area (Å²) >= 11 is 3.09. The molecule has 2 amide bonds. The van der Waals surface area contributed by atoms with Crippen LogP contribution in [0.3, 0.4) is 0 Å². The van der Waals surface area contributed by atoms with Crippen molar-refractivity contribution in [1.82, 2.24) is 4.98 Å². The summed E-state index contributed by atoms with van der Waals surface area (Å²) < 4.78 is 6.92. The Kier molecular flexibility index (Phi) is 5.83. The predicted octanol–water partition coefficient (Wildman–Crippen LogP) is 7.25. The molecule has 32 heavy (non-hydrogen) atoms. The van der Waals surface area contributed by atoms with Gasteiger partial charge < -0.3 is 10.1 Å². The van der Waals surface area contributed by atoms with Gasteiger partial charge in [0.1, 0.15) is 22.4 Å². The largest absolute Gasteiger partial charge is 0.489 e. The summed E-state index contributed by atoms with van der Waals surface area (Å²) in [6, 6.07) is 27.0. The first-order valence-electron chi connectivity index (χ1n) is 10.0. The molecule has 3 aromatic carbocycles. The SMILES string of the molecule is O=C(Nc1ccc(OCc2ccccc2)cc1)Nc1sccc1-c1nc2ccccc2s1. The van der Waals surface area contributed by atoms with E-state index >= 15 is 0 Å². The van der Waals surface area contributed by atoms with Gasteiger partial charge >= 0.3 is 6.03 Å². The van der Waals surface area contributed by atoms with E-state index in [0.29, 0.717) is 12.3 Å². The van der Waals surface area contributed by atoms with E-state index in [2.05, 4.69) is 16.7 Å². The first-order chi connectivity index (χ1) is 15.7. The molecular formula is C25H19N3O2S2. The molecule has 0 bridgehead atoms. The molecule has 2 N–H and O–H groups in total. The zero-order valence-electron chi connectivity index (χ0n) is 16.9. The van der Waals surface area contributed by atoms with Gasteiger partial charge in [0, 0.05) is 11.3 Å². The van der Waals surface area contributed by atoms with Crippen molar-refractivity contribution in [3.05, 3.63) is 95.9 Å². The van der Waals surface area contributed by atoms with Crippen LogP contribution in [0.25, 0.3) is 20.8 Å². The summed E-state index contributed by atoms with van der Waals surface area (Å²) in [6.07, 6.45) is 0. The van der Waals surface area contributed by atoms with Crippen molar-refractivity contribution in [1.29, 1.82) is 0 Å². The van der Waals surface area contributed by atoms with Crippen molar-refractivity contribution in [2.45, 2.75) is 6.61 Å². The fraction of sp³-hybridized carbons (Fsp3) is 0.0400. The lowest BCUT2D eigenvalue weighted by atomic mass is 10.2. The molecule has 2 heterocycles. The molecule has 2 aromatic heterocycles. The van der Waals surface area contributed by atoms with Crippen LogP contribution in [0.4, 0.5) is 15.5 Å². The molecule has 0 saturated carbocycles. The van der Waals surface area contributed by atoms with Crippen molar-refractivity contribution in [2.24, 2.45) is 0 Å². The molecule has 0 fully saturated rings. The number of carbonyl (C=O) groups excluding carboxylic acids is 1. The summed E-state index contributed by atoms with van der Waals surface area (Å²) in [5.74, 6) is 0.746. The van der Waals surface area contributed by atoms with Crippen LogP contribution in [0, 0.1) is 0 Å². The van der Waals surface area contributed by atoms with Crippen molar-refractivity contribution < 1.29 is 9.53 Å². The highest BCUT2D eigenvalue weighted by molar-refractivity contribution is 7.22. The van der Waals surface area contributed by atoms with Gasteiger partial charge in [0.15, 0.2) is 0 Å². The maximum atomic E-state index is 12.6. The smallest absolute Gasteiger partial charge is 0.324 e. The van der Waals surface area contributed by atoms with E-state index in [1.54, 1.807) is 11.3 Å². The molecule has 0 aliphatic rings. The van der Waals surface area contributed by atoms with Crippen LogP contribution in [0.1, 0.15) is 5.56 Å². The lowest BCUT2D eigenvalue weighted by Crippen LogP contribution is -2.19. The minimum absolute atomic E-state index is 0.298. The number of fused-ring (bicyclic) bond motifs is 1. The van der Waals surface area contributed by atoms with Gasteiger partial charge in [0.05, 0.1) is 10.2 Å². The second-order valence-corrected chi connectivity index (χ2v) is 8.97. The number of aromatic nitrogens is 1. The number of ether oxygens (including phenoxy) is 1. The minimum Gasteiger partial charge on any atom is -0.489 e. The van der Waals surface area contributed by atoms with Gasteiger partial charge in [-0.1, -0.05) is 42.5 Å². The third-order valence-electron chi connectivity index (χ3n) is 4.78. The first kappa shape index (κ1) is 20.2. The Balaban J connectivity index is 1.21. The van der Waals surface area contributed by atoms with E-state index in [-0.39, 0.29) is 6.03 Å². The molecule has 0 aliphatic carbocycles. The van der Waals surface area contributed by atoms with Crippen LogP contribution in [0.5, 0.6) is 5.75 Å². The van der Waals surface area contributed by atoms with Crippen molar-refractivity contribution in [3.8, 4) is 16.3 Å². The lowest BCUT2D eigenvalue weighted by Gasteiger charge is -2.09. The van der Waals surface area contributed by atoms with Gasteiger partial charge in [-0.25, -0.2) is 9.78 Å². The molecule has 5 rings (SSSR count). The summed E-state index contributed by atoms with van der Waals surface area (Å²) in [5, 5.41) is 9.43. The number of nitrogens with zero attached hydrogens (tertiary/aromatic N) is 1. The second-order valence-electron chi connectivity index (χ2n) is 7.03. The molecule has 0 saturated heterocycles. The number of urea groups is 1. The number of rotatable bonds is 6. The standard InChI is InChI=1S/C25H19N3O2S2/c29-25(26-18-10-12-19(13-11-18)30-16-17-6-2-1-3-7-17)28-23-20(14-15-31-23)24-27-21-8-4-5-9-22(21)32-24/h1-15H,16H2,(H2,26,28,29). The quantitative estimate of drug-likeness (QED) is 0.282. The third kappa shape index (κ3) is 4.64. The van der Waals surface area contributed by atoms with Crippen LogP contribution < -0.4 is 15.4 Å². The number of anilines is 2. The lowest BCUT2D eigenvalue weighted by molar-refractivity contribution is 0.262. The summed E-state index contributed by atoms with van der Waals surface area (Å²) in [4.78, 5) is 17.3. The highest BCUT2D eigenvalue weighted by Crippen LogP contribution is 2.37. The monoisotopic (exact) mass is 457 g/mol. The number of benzene rings is 3. The van der Waals surface area contributed by atoms with Crippen LogP contribution in [-0.2, 0) is 6.61 Å². The zero-order chi connectivity index (χ0) is 21.8. The Labute approximate surface area is 193 Å². The molecule has 5 nitrogen and oxygen atoms in total. The number of nitrogens with one attached hydrogen (secondary N) is 2. The molecule has 0 aliphatic heterocycles. The number of hydrogen-bond donors (Lipinski definition) is 2. The molecule has 0 spiro atoms. The molecule has 0 radical (unpaired) electrons. The molecule has 158 valence electrons. The molecule has 0 atom stereocenters. The van der Waals surface area contributed by atoms with Crippen molar-refractivity contribution >= 4 is 49.6 Å². The maximum Gasteiger partial charge on any atom is 0.324 e. The Morgan fingerprint density at radius 1 is 0.875 bits per heavy atom. The Bertz CT molecular complexity index is 1310. The molecule has 5 aromatic rings. The van der Waals surface area contributed by atoms with Gasteiger partial charge in [0.2, 0.25) is 0 Å². The van der Waals surface area contributed by atoms with Crippen LogP contribution in [0.15, 0.2) is 90.3 Å². The van der Waals surface area contributed by atoms with Gasteiger partial charge in [-0.15, -0.1) is 22.7 Å². The van der Waals surface area contributed by atoms with Crippen molar-refractivity contribution in [3.63, 3.8) is 0 Å². The van der Waals surface area contributed by atoms with Crippen molar-refractivity contribution in [2.75, 3.05) is 10.6 Å². The fourth-order valence-electron chi connectivity index (χ4n) is 3.20. The zero-order valence-corrected chi connectivity index (χ0v) is 18.6. The first-order valence-corrected chi connectivity index (χ1v) is 11.7. The van der Waals surface area contributed by atoms with E-state index in [1.807, 2.05) is 84.2 Å². The predicted molar refractivity (Wildman–Crippen MR) is 133 cm³/mol. The highest BCUT2D eigenvalue weighted by Gasteiger charge is 2.14. The molecular weight excluding hydrogens is 438 g/mol. The average molecular weight is 458 g/mol. The highest BCUT2D eigenvalue weighted by atomic mass is 32.1. The van der Waals surface area contributed by atoms with E-state index in [0.717, 1.165) is 37.1 Å². The number of thiazole rings is 1. The summed E-state index contributed by atoms with van der Waals surface area (Å²) in [5.41, 5.74) is 3.68. The second kappa shape index (κ2) is 9.21. The third-order valence-corrected chi connectivity index (χ3v) is 6.68. The Morgan fingerprint density at radius 3 is 2.47 bits per heavy atom. The normalized spacial score (nSPS) is 10.8. The van der Waals surface area contributed by atoms with Gasteiger partial charge in [-0.3, -0.25) is 5.32 Å². The van der Waals surface area contributed by atoms with Crippen LogP contribution >= 0.6 is 22.7 Å². The van der Waals surface area contributed by atoms with E-state index in [9.17, 15) is 4.79 Å². The summed E-state index contributed by atoms with van der Waals surface area (Å²) in [7, 11) is 0. The minimum atomic E-state index is -0.298. The van der Waals surface area contributed by atoms with E-state index in [4.69, 9.17) is 9.72 Å². The van der Waals surface area contributed by atoms with E-state index < -0.39 is 0 Å². The van der Waals surface area contributed by atoms with Gasteiger partial charge in [-0.05, 0) is 53.4 Å². The number of hydrogen-bond acceptors (Lipinski definition) is 5. The Hall–Kier alpha value is -3.68.